The van der Waals surface area contributed by atoms with E-state index in [4.69, 9.17) is 15.0 Å². The first-order valence-electron chi connectivity index (χ1n) is 12.3. The predicted octanol–water partition coefficient (Wildman–Crippen LogP) is 5.35. The highest BCUT2D eigenvalue weighted by Gasteiger charge is 2.26. The molecule has 0 unspecified atom stereocenters. The van der Waals surface area contributed by atoms with Crippen molar-refractivity contribution in [3.8, 4) is 16.8 Å². The SMILES string of the molecule is Cc1cc(C2CC2)ccc1-c1cccc(-n2cc(C(=O)NC3CC3)c(=O)c3cccnc32)c1.O=C(O)O. The second-order valence-electron chi connectivity index (χ2n) is 9.55. The molecule has 0 atom stereocenters. The lowest BCUT2D eigenvalue weighted by molar-refractivity contribution is 0.0949. The van der Waals surface area contributed by atoms with Gasteiger partial charge in [0.1, 0.15) is 11.2 Å². The molecule has 2 aliphatic rings. The van der Waals surface area contributed by atoms with Crippen LogP contribution in [0.1, 0.15) is 53.1 Å². The minimum atomic E-state index is -1.83. The van der Waals surface area contributed by atoms with Crippen molar-refractivity contribution in [3.63, 3.8) is 0 Å². The molecule has 2 fully saturated rings. The van der Waals surface area contributed by atoms with Gasteiger partial charge in [0.2, 0.25) is 5.43 Å². The molecular formula is C29H27N3O5. The zero-order valence-corrected chi connectivity index (χ0v) is 20.3. The number of carbonyl (C=O) groups excluding carboxylic acids is 1. The van der Waals surface area contributed by atoms with E-state index in [0.29, 0.717) is 11.0 Å². The van der Waals surface area contributed by atoms with Gasteiger partial charge in [-0.05, 0) is 85.0 Å². The Bertz CT molecular complexity index is 1560. The summed E-state index contributed by atoms with van der Waals surface area (Å²) in [4.78, 5) is 38.9. The number of rotatable bonds is 5. The van der Waals surface area contributed by atoms with Gasteiger partial charge in [-0.3, -0.25) is 9.59 Å². The van der Waals surface area contributed by atoms with Crippen LogP contribution in [0.3, 0.4) is 0 Å². The highest BCUT2D eigenvalue weighted by Crippen LogP contribution is 2.41. The summed E-state index contributed by atoms with van der Waals surface area (Å²) in [7, 11) is 0. The molecule has 0 saturated heterocycles. The van der Waals surface area contributed by atoms with Gasteiger partial charge in [-0.25, -0.2) is 9.78 Å². The average Bonchev–Trinajstić information content (AvgIpc) is 3.79. The fourth-order valence-corrected chi connectivity index (χ4v) is 4.51. The Kier molecular flexibility index (Phi) is 6.48. The number of hydrogen-bond donors (Lipinski definition) is 3. The van der Waals surface area contributed by atoms with E-state index < -0.39 is 6.16 Å². The van der Waals surface area contributed by atoms with Gasteiger partial charge in [-0.2, -0.15) is 0 Å². The molecule has 0 aliphatic heterocycles. The summed E-state index contributed by atoms with van der Waals surface area (Å²) in [6.07, 6.45) is 5.99. The number of nitrogens with zero attached hydrogens (tertiary/aromatic N) is 2. The van der Waals surface area contributed by atoms with E-state index in [-0.39, 0.29) is 22.9 Å². The van der Waals surface area contributed by atoms with Gasteiger partial charge < -0.3 is 20.1 Å². The van der Waals surface area contributed by atoms with Crippen molar-refractivity contribution in [2.24, 2.45) is 0 Å². The summed E-state index contributed by atoms with van der Waals surface area (Å²) in [6, 6.07) is 18.6. The molecule has 1 amide bonds. The van der Waals surface area contributed by atoms with E-state index >= 15 is 0 Å². The van der Waals surface area contributed by atoms with Crippen LogP contribution in [-0.4, -0.2) is 37.9 Å². The van der Waals surface area contributed by atoms with Gasteiger partial charge >= 0.3 is 6.16 Å². The van der Waals surface area contributed by atoms with E-state index in [0.717, 1.165) is 30.0 Å². The van der Waals surface area contributed by atoms with Crippen LogP contribution >= 0.6 is 0 Å². The molecule has 0 bridgehead atoms. The Morgan fingerprint density at radius 3 is 2.43 bits per heavy atom. The average molecular weight is 498 g/mol. The van der Waals surface area contributed by atoms with Gasteiger partial charge in [0.05, 0.1) is 5.39 Å². The highest BCUT2D eigenvalue weighted by molar-refractivity contribution is 5.97. The zero-order chi connectivity index (χ0) is 26.1. The third-order valence-electron chi connectivity index (χ3n) is 6.65. The lowest BCUT2D eigenvalue weighted by atomic mass is 9.96. The van der Waals surface area contributed by atoms with Crippen LogP contribution < -0.4 is 10.7 Å². The maximum Gasteiger partial charge on any atom is 0.503 e. The first kappa shape index (κ1) is 24.2. The largest absolute Gasteiger partial charge is 0.503 e. The standard InChI is InChI=1S/C28H25N3O2.CH2O3/c1-17-14-19(18-7-8-18)9-12-23(17)20-4-2-5-22(15-20)31-16-25(28(33)30-21-10-11-21)26(32)24-6-3-13-29-27(24)31;2-1(3)4/h2-6,9,12-16,18,21H,7-8,10-11H2,1H3,(H,30,33);(H2,2,3,4). The summed E-state index contributed by atoms with van der Waals surface area (Å²) in [5.74, 6) is 0.410. The number of aryl methyl sites for hydroxylation is 1. The normalized spacial score (nSPS) is 14.5. The monoisotopic (exact) mass is 497 g/mol. The second-order valence-corrected chi connectivity index (χ2v) is 9.55. The molecule has 188 valence electrons. The molecule has 2 saturated carbocycles. The number of fused-ring (bicyclic) bond motifs is 1. The van der Waals surface area contributed by atoms with Gasteiger partial charge in [0.15, 0.2) is 0 Å². The molecule has 37 heavy (non-hydrogen) atoms. The number of amides is 1. The molecule has 4 aromatic rings. The lowest BCUT2D eigenvalue weighted by Gasteiger charge is -2.15. The van der Waals surface area contributed by atoms with Gasteiger partial charge in [0, 0.05) is 24.1 Å². The minimum absolute atomic E-state index is 0.151. The zero-order valence-electron chi connectivity index (χ0n) is 20.3. The van der Waals surface area contributed by atoms with Crippen LogP contribution in [0.4, 0.5) is 4.79 Å². The second kappa shape index (κ2) is 9.89. The van der Waals surface area contributed by atoms with Crippen molar-refractivity contribution in [1.29, 1.82) is 0 Å². The molecule has 2 aromatic carbocycles. The molecule has 2 heterocycles. The third kappa shape index (κ3) is 5.38. The summed E-state index contributed by atoms with van der Waals surface area (Å²) in [5, 5.41) is 17.3. The molecular weight excluding hydrogens is 470 g/mol. The van der Waals surface area contributed by atoms with Crippen molar-refractivity contribution >= 4 is 23.1 Å². The summed E-state index contributed by atoms with van der Waals surface area (Å²) < 4.78 is 1.86. The maximum absolute atomic E-state index is 13.1. The van der Waals surface area contributed by atoms with E-state index in [1.807, 2.05) is 16.7 Å². The number of carboxylic acid groups (broad SMARTS) is 2. The fraction of sp³-hybridized carbons (Fsp3) is 0.241. The van der Waals surface area contributed by atoms with E-state index in [1.54, 1.807) is 24.5 Å². The first-order chi connectivity index (χ1) is 17.8. The minimum Gasteiger partial charge on any atom is -0.450 e. The molecule has 6 rings (SSSR count). The number of pyridine rings is 2. The molecule has 8 heteroatoms. The van der Waals surface area contributed by atoms with E-state index in [9.17, 15) is 9.59 Å². The van der Waals surface area contributed by atoms with Crippen LogP contribution in [0, 0.1) is 6.92 Å². The quantitative estimate of drug-likeness (QED) is 0.342. The van der Waals surface area contributed by atoms with Crippen molar-refractivity contribution < 1.29 is 19.8 Å². The molecule has 2 aromatic heterocycles. The molecule has 3 N–H and O–H groups in total. The molecule has 8 nitrogen and oxygen atoms in total. The highest BCUT2D eigenvalue weighted by atomic mass is 16.6. The van der Waals surface area contributed by atoms with Crippen LogP contribution in [-0.2, 0) is 0 Å². The van der Waals surface area contributed by atoms with E-state index in [2.05, 4.69) is 47.6 Å². The van der Waals surface area contributed by atoms with Crippen LogP contribution in [0.15, 0.2) is 71.8 Å². The van der Waals surface area contributed by atoms with Gasteiger partial charge in [-0.15, -0.1) is 0 Å². The van der Waals surface area contributed by atoms with Crippen molar-refractivity contribution in [2.45, 2.75) is 44.6 Å². The Balaban J connectivity index is 0.000000655. The van der Waals surface area contributed by atoms with Crippen molar-refractivity contribution in [1.82, 2.24) is 14.9 Å². The number of hydrogen-bond acceptors (Lipinski definition) is 4. The smallest absolute Gasteiger partial charge is 0.450 e. The summed E-state index contributed by atoms with van der Waals surface area (Å²) in [6.45, 7) is 2.16. The molecule has 0 spiro atoms. The number of benzene rings is 2. The number of aromatic nitrogens is 2. The van der Waals surface area contributed by atoms with Crippen molar-refractivity contribution in [3.05, 3.63) is 93.9 Å². The fourth-order valence-electron chi connectivity index (χ4n) is 4.51. The van der Waals surface area contributed by atoms with Crippen LogP contribution in [0.2, 0.25) is 0 Å². The predicted molar refractivity (Wildman–Crippen MR) is 141 cm³/mol. The number of nitrogens with one attached hydrogen (secondary N) is 1. The Morgan fingerprint density at radius 2 is 1.76 bits per heavy atom. The van der Waals surface area contributed by atoms with Gasteiger partial charge in [0.25, 0.3) is 5.91 Å². The summed E-state index contributed by atoms with van der Waals surface area (Å²) in [5.41, 5.74) is 6.24. The Morgan fingerprint density at radius 1 is 1.00 bits per heavy atom. The van der Waals surface area contributed by atoms with Gasteiger partial charge in [-0.1, -0.05) is 30.3 Å². The molecule has 0 radical (unpaired) electrons. The van der Waals surface area contributed by atoms with Crippen LogP contribution in [0.5, 0.6) is 0 Å². The first-order valence-corrected chi connectivity index (χ1v) is 12.3. The Labute approximate surface area is 213 Å². The topological polar surface area (TPSA) is 122 Å². The Hall–Kier alpha value is -4.46. The molecule has 2 aliphatic carbocycles. The maximum atomic E-state index is 13.1. The lowest BCUT2D eigenvalue weighted by Crippen LogP contribution is -2.31. The van der Waals surface area contributed by atoms with Crippen molar-refractivity contribution in [2.75, 3.05) is 0 Å². The number of carbonyl (C=O) groups is 2. The van der Waals surface area contributed by atoms with E-state index in [1.165, 1.54) is 29.5 Å². The summed E-state index contributed by atoms with van der Waals surface area (Å²) >= 11 is 0. The van der Waals surface area contributed by atoms with Crippen LogP contribution in [0.25, 0.3) is 27.8 Å². The third-order valence-corrected chi connectivity index (χ3v) is 6.65.